The van der Waals surface area contributed by atoms with E-state index >= 15 is 0 Å². The van der Waals surface area contributed by atoms with E-state index in [9.17, 15) is 5.21 Å². The molecule has 2 rings (SSSR count). The first kappa shape index (κ1) is 12.5. The molecule has 0 unspecified atom stereocenters. The van der Waals surface area contributed by atoms with Gasteiger partial charge < -0.3 is 5.21 Å². The topological polar surface area (TPSA) is 39.8 Å². The van der Waals surface area contributed by atoms with Crippen LogP contribution in [-0.2, 0) is 10.7 Å². The van der Waals surface area contributed by atoms with Crippen LogP contribution < -0.4 is 4.73 Å². The van der Waals surface area contributed by atoms with E-state index in [0.29, 0.717) is 27.7 Å². The Kier molecular flexibility index (Phi) is 4.12. The number of aromatic nitrogens is 2. The Bertz CT molecular complexity index is 532. The first-order valence-corrected chi connectivity index (χ1v) is 7.30. The van der Waals surface area contributed by atoms with Crippen molar-refractivity contribution in [2.75, 3.05) is 0 Å². The number of hydrogen-bond donors (Lipinski definition) is 0. The Labute approximate surface area is 116 Å². The van der Waals surface area contributed by atoms with Gasteiger partial charge in [-0.25, -0.2) is 4.98 Å². The number of alkyl halides is 2. The molecule has 0 fully saturated rings. The molecule has 88 valence electrons. The van der Waals surface area contributed by atoms with Gasteiger partial charge in [0.15, 0.2) is 0 Å². The molecule has 0 spiro atoms. The van der Waals surface area contributed by atoms with Gasteiger partial charge in [-0.05, 0) is 18.2 Å². The zero-order chi connectivity index (χ0) is 12.3. The molecule has 0 atom stereocenters. The molecule has 5 heteroatoms. The van der Waals surface area contributed by atoms with Crippen LogP contribution in [0.1, 0.15) is 11.4 Å². The first-order chi connectivity index (χ1) is 8.26. The van der Waals surface area contributed by atoms with Crippen molar-refractivity contribution >= 4 is 31.9 Å². The molecule has 0 radical (unpaired) electrons. The smallest absolute Gasteiger partial charge is 0.242 e. The Morgan fingerprint density at radius 2 is 1.82 bits per heavy atom. The summed E-state index contributed by atoms with van der Waals surface area (Å²) >= 11 is 6.65. The Balaban J connectivity index is 2.52. The molecule has 0 saturated carbocycles. The minimum atomic E-state index is 0.530. The molecule has 0 aliphatic heterocycles. The van der Waals surface area contributed by atoms with E-state index in [2.05, 4.69) is 36.8 Å². The fourth-order valence-electron chi connectivity index (χ4n) is 1.53. The molecule has 2 heterocycles. The second kappa shape index (κ2) is 5.60. The minimum Gasteiger partial charge on any atom is -0.618 e. The summed E-state index contributed by atoms with van der Waals surface area (Å²) in [5.74, 6) is 0. The van der Waals surface area contributed by atoms with Crippen molar-refractivity contribution in [1.82, 2.24) is 4.98 Å². The van der Waals surface area contributed by atoms with Gasteiger partial charge in [-0.15, -0.1) is 0 Å². The second-order valence-electron chi connectivity index (χ2n) is 3.48. The largest absolute Gasteiger partial charge is 0.618 e. The van der Waals surface area contributed by atoms with Gasteiger partial charge in [-0.3, -0.25) is 0 Å². The summed E-state index contributed by atoms with van der Waals surface area (Å²) < 4.78 is 0.912. The molecule has 0 aliphatic rings. The van der Waals surface area contributed by atoms with Crippen LogP contribution in [0.4, 0.5) is 0 Å². The van der Waals surface area contributed by atoms with Gasteiger partial charge in [0.2, 0.25) is 11.4 Å². The summed E-state index contributed by atoms with van der Waals surface area (Å²) in [5.41, 5.74) is 2.85. The van der Waals surface area contributed by atoms with Crippen molar-refractivity contribution in [2.45, 2.75) is 10.7 Å². The van der Waals surface area contributed by atoms with Crippen LogP contribution in [0, 0.1) is 5.21 Å². The van der Waals surface area contributed by atoms with E-state index < -0.39 is 0 Å². The minimum absolute atomic E-state index is 0.530. The van der Waals surface area contributed by atoms with E-state index in [1.165, 1.54) is 0 Å². The average Bonchev–Trinajstić information content (AvgIpc) is 2.39. The zero-order valence-corrected chi connectivity index (χ0v) is 12.1. The summed E-state index contributed by atoms with van der Waals surface area (Å²) in [6.07, 6.45) is 0. The van der Waals surface area contributed by atoms with Gasteiger partial charge in [0, 0.05) is 17.5 Å². The summed E-state index contributed by atoms with van der Waals surface area (Å²) in [6, 6.07) is 11.1. The van der Waals surface area contributed by atoms with Crippen molar-refractivity contribution in [1.29, 1.82) is 0 Å². The summed E-state index contributed by atoms with van der Waals surface area (Å²) in [6.45, 7) is 0. The highest BCUT2D eigenvalue weighted by Crippen LogP contribution is 2.15. The van der Waals surface area contributed by atoms with Crippen molar-refractivity contribution in [2.24, 2.45) is 0 Å². The fraction of sp³-hybridized carbons (Fsp3) is 0.167. The number of halogens is 2. The fourth-order valence-corrected chi connectivity index (χ4v) is 2.25. The molecule has 2 aromatic rings. The van der Waals surface area contributed by atoms with E-state index in [0.717, 1.165) is 10.4 Å². The Morgan fingerprint density at radius 3 is 2.53 bits per heavy atom. The Morgan fingerprint density at radius 1 is 1.06 bits per heavy atom. The van der Waals surface area contributed by atoms with Gasteiger partial charge in [0.1, 0.15) is 5.69 Å². The molecule has 0 aromatic carbocycles. The molecule has 17 heavy (non-hydrogen) atoms. The van der Waals surface area contributed by atoms with Crippen molar-refractivity contribution in [3.05, 3.63) is 53.0 Å². The molecule has 2 aromatic heterocycles. The van der Waals surface area contributed by atoms with E-state index in [4.69, 9.17) is 0 Å². The van der Waals surface area contributed by atoms with Crippen molar-refractivity contribution in [3.63, 3.8) is 0 Å². The van der Waals surface area contributed by atoms with Crippen LogP contribution in [0.3, 0.4) is 0 Å². The maximum absolute atomic E-state index is 12.0. The molecular weight excluding hydrogens is 348 g/mol. The predicted molar refractivity (Wildman–Crippen MR) is 73.9 cm³/mol. The van der Waals surface area contributed by atoms with Gasteiger partial charge in [0.05, 0.1) is 11.0 Å². The van der Waals surface area contributed by atoms with Crippen LogP contribution >= 0.6 is 31.9 Å². The first-order valence-electron chi connectivity index (χ1n) is 5.06. The van der Waals surface area contributed by atoms with Crippen LogP contribution in [0.15, 0.2) is 36.4 Å². The van der Waals surface area contributed by atoms with Gasteiger partial charge in [-0.1, -0.05) is 37.9 Å². The van der Waals surface area contributed by atoms with Crippen LogP contribution in [-0.4, -0.2) is 4.98 Å². The molecule has 0 aliphatic carbocycles. The molecule has 0 N–H and O–H groups in total. The Hall–Kier alpha value is -0.940. The molecular formula is C12H10Br2N2O. The maximum atomic E-state index is 12.0. The lowest BCUT2D eigenvalue weighted by atomic mass is 10.2. The predicted octanol–water partition coefficient (Wildman–Crippen LogP) is 3.17. The van der Waals surface area contributed by atoms with E-state index in [-0.39, 0.29) is 0 Å². The lowest BCUT2D eigenvalue weighted by Crippen LogP contribution is -2.34. The third-order valence-corrected chi connectivity index (χ3v) is 3.51. The quantitative estimate of drug-likeness (QED) is 0.481. The number of hydrogen-bond acceptors (Lipinski definition) is 2. The average molecular weight is 358 g/mol. The maximum Gasteiger partial charge on any atom is 0.242 e. The van der Waals surface area contributed by atoms with Crippen LogP contribution in [0.2, 0.25) is 0 Å². The third-order valence-electron chi connectivity index (χ3n) is 2.37. The van der Waals surface area contributed by atoms with E-state index in [1.54, 1.807) is 12.1 Å². The number of nitrogens with zero attached hydrogens (tertiary/aromatic N) is 2. The summed E-state index contributed by atoms with van der Waals surface area (Å²) in [4.78, 5) is 4.41. The SMILES string of the molecule is [O-][n+]1c(CBr)cccc1-c1cccc(CBr)n1. The van der Waals surface area contributed by atoms with Crippen molar-refractivity contribution < 1.29 is 4.73 Å². The van der Waals surface area contributed by atoms with Crippen LogP contribution in [0.25, 0.3) is 11.4 Å². The number of pyridine rings is 2. The molecule has 0 saturated heterocycles. The highest BCUT2D eigenvalue weighted by molar-refractivity contribution is 9.08. The van der Waals surface area contributed by atoms with Gasteiger partial charge >= 0.3 is 0 Å². The third kappa shape index (κ3) is 2.66. The van der Waals surface area contributed by atoms with Gasteiger partial charge in [-0.2, -0.15) is 4.73 Å². The van der Waals surface area contributed by atoms with Crippen molar-refractivity contribution in [3.8, 4) is 11.4 Å². The molecule has 3 nitrogen and oxygen atoms in total. The highest BCUT2D eigenvalue weighted by Gasteiger charge is 2.13. The van der Waals surface area contributed by atoms with E-state index in [1.807, 2.05) is 24.3 Å². The lowest BCUT2D eigenvalue weighted by Gasteiger charge is -2.07. The van der Waals surface area contributed by atoms with Gasteiger partial charge in [0.25, 0.3) is 0 Å². The lowest BCUT2D eigenvalue weighted by molar-refractivity contribution is -0.601. The summed E-state index contributed by atoms with van der Waals surface area (Å²) in [7, 11) is 0. The van der Waals surface area contributed by atoms with Crippen LogP contribution in [0.5, 0.6) is 0 Å². The second-order valence-corrected chi connectivity index (χ2v) is 4.60. The monoisotopic (exact) mass is 356 g/mol. The zero-order valence-electron chi connectivity index (χ0n) is 8.94. The molecule has 0 bridgehead atoms. The number of rotatable bonds is 3. The molecule has 0 amide bonds. The summed E-state index contributed by atoms with van der Waals surface area (Å²) in [5, 5.41) is 13.2. The standard InChI is InChI=1S/C12H10Br2N2O/c13-7-9-3-1-5-11(15-9)12-6-2-4-10(8-14)16(12)17/h1-6H,7-8H2. The normalized spacial score (nSPS) is 10.5. The highest BCUT2D eigenvalue weighted by atomic mass is 79.9.